The minimum absolute atomic E-state index is 0.117. The molecule has 7 heteroatoms. The Balaban J connectivity index is 1.74. The first-order chi connectivity index (χ1) is 11.5. The van der Waals surface area contributed by atoms with E-state index >= 15 is 0 Å². The van der Waals surface area contributed by atoms with Gasteiger partial charge in [0, 0.05) is 16.2 Å². The van der Waals surface area contributed by atoms with Gasteiger partial charge in [-0.2, -0.15) is 5.06 Å². The number of urea groups is 1. The zero-order chi connectivity index (χ0) is 17.4. The zero-order valence-electron chi connectivity index (χ0n) is 12.9. The Morgan fingerprint density at radius 3 is 2.58 bits per heavy atom. The lowest BCUT2D eigenvalue weighted by molar-refractivity contribution is -0.0269. The van der Waals surface area contributed by atoms with Crippen molar-refractivity contribution in [2.45, 2.75) is 19.6 Å². The Morgan fingerprint density at radius 2 is 1.88 bits per heavy atom. The summed E-state index contributed by atoms with van der Waals surface area (Å²) in [5.74, 6) is 5.26. The van der Waals surface area contributed by atoms with Crippen LogP contribution in [0.5, 0.6) is 0 Å². The Kier molecular flexibility index (Phi) is 6.75. The summed E-state index contributed by atoms with van der Waals surface area (Å²) in [6.07, 6.45) is 0.523. The van der Waals surface area contributed by atoms with E-state index < -0.39 is 6.03 Å². The number of rotatable bonds is 6. The normalized spacial score (nSPS) is 10.1. The number of carbonyl (C=O) groups excluding carboxylic acids is 1. The number of hydroxylamine groups is 2. The molecule has 0 spiro atoms. The van der Waals surface area contributed by atoms with Crippen LogP contribution in [0.25, 0.3) is 0 Å². The average molecular weight is 348 g/mol. The van der Waals surface area contributed by atoms with Gasteiger partial charge in [-0.05, 0) is 29.8 Å². The molecule has 0 fully saturated rings. The monoisotopic (exact) mass is 348 g/mol. The maximum absolute atomic E-state index is 12.8. The summed E-state index contributed by atoms with van der Waals surface area (Å²) < 4.78 is 18.4. The van der Waals surface area contributed by atoms with E-state index in [1.54, 1.807) is 23.5 Å². The summed E-state index contributed by atoms with van der Waals surface area (Å²) in [4.78, 5) is 12.7. The minimum Gasteiger partial charge on any atom is -0.371 e. The number of ether oxygens (including phenoxy) is 1. The summed E-state index contributed by atoms with van der Waals surface area (Å²) in [6.45, 7) is 0.780. The average Bonchev–Trinajstić information content (AvgIpc) is 3.01. The van der Waals surface area contributed by atoms with Gasteiger partial charge in [-0.3, -0.25) is 5.21 Å². The zero-order valence-corrected chi connectivity index (χ0v) is 13.7. The van der Waals surface area contributed by atoms with E-state index in [0.29, 0.717) is 24.7 Å². The molecule has 2 amide bonds. The van der Waals surface area contributed by atoms with Gasteiger partial charge in [0.15, 0.2) is 0 Å². The number of halogens is 1. The molecule has 0 radical (unpaired) electrons. The van der Waals surface area contributed by atoms with Crippen LogP contribution in [0.4, 0.5) is 9.18 Å². The van der Waals surface area contributed by atoms with Gasteiger partial charge in [-0.25, -0.2) is 9.18 Å². The van der Waals surface area contributed by atoms with Crippen LogP contribution in [0.3, 0.4) is 0 Å². The number of nitrogens with two attached hydrogens (primary N) is 1. The van der Waals surface area contributed by atoms with Crippen molar-refractivity contribution in [3.05, 3.63) is 57.5 Å². The highest BCUT2D eigenvalue weighted by Crippen LogP contribution is 2.18. The van der Waals surface area contributed by atoms with Crippen LogP contribution in [-0.2, 0) is 24.4 Å². The van der Waals surface area contributed by atoms with Gasteiger partial charge in [0.25, 0.3) is 0 Å². The van der Waals surface area contributed by atoms with E-state index in [2.05, 4.69) is 11.8 Å². The van der Waals surface area contributed by atoms with E-state index in [1.165, 1.54) is 12.1 Å². The fourth-order valence-electron chi connectivity index (χ4n) is 1.80. The quantitative estimate of drug-likeness (QED) is 0.479. The molecule has 3 N–H and O–H groups in total. The smallest absolute Gasteiger partial charge is 0.339 e. The predicted octanol–water partition coefficient (Wildman–Crippen LogP) is 2.92. The maximum atomic E-state index is 12.8. The molecule has 1 aromatic carbocycles. The second-order valence-corrected chi connectivity index (χ2v) is 6.17. The van der Waals surface area contributed by atoms with Crippen molar-refractivity contribution in [2.24, 2.45) is 5.73 Å². The minimum atomic E-state index is -0.930. The molecule has 2 aromatic rings. The first kappa shape index (κ1) is 17.9. The Hall–Kier alpha value is -2.40. The van der Waals surface area contributed by atoms with Crippen molar-refractivity contribution in [1.82, 2.24) is 5.06 Å². The number of nitrogens with zero attached hydrogens (tertiary/aromatic N) is 1. The topological polar surface area (TPSA) is 75.8 Å². The number of carbonyl (C=O) groups is 1. The molecule has 126 valence electrons. The third-order valence-corrected chi connectivity index (χ3v) is 4.07. The van der Waals surface area contributed by atoms with Gasteiger partial charge in [0.1, 0.15) is 12.4 Å². The second kappa shape index (κ2) is 9.03. The van der Waals surface area contributed by atoms with Crippen LogP contribution >= 0.6 is 11.3 Å². The summed E-state index contributed by atoms with van der Waals surface area (Å²) >= 11 is 1.58. The standard InChI is InChI=1S/C17H17FN2O3S/c18-14-6-4-13(5-7-14)11-23-12-16-9-8-15(24-16)3-1-2-10-20(22)17(19)21/h4-9,22H,3,10-12H2,(H2,19,21). The first-order valence-electron chi connectivity index (χ1n) is 7.16. The number of benzene rings is 1. The van der Waals surface area contributed by atoms with E-state index in [0.717, 1.165) is 15.3 Å². The van der Waals surface area contributed by atoms with E-state index in [9.17, 15) is 9.18 Å². The number of hydrogen-bond donors (Lipinski definition) is 2. The molecular weight excluding hydrogens is 331 g/mol. The third-order valence-electron chi connectivity index (χ3n) is 3.01. The van der Waals surface area contributed by atoms with Crippen molar-refractivity contribution in [2.75, 3.05) is 6.54 Å². The fourth-order valence-corrected chi connectivity index (χ4v) is 2.70. The van der Waals surface area contributed by atoms with Crippen LogP contribution in [-0.4, -0.2) is 22.8 Å². The van der Waals surface area contributed by atoms with Crippen LogP contribution in [0.15, 0.2) is 36.4 Å². The Labute approximate surface area is 143 Å². The lowest BCUT2D eigenvalue weighted by Crippen LogP contribution is -2.32. The van der Waals surface area contributed by atoms with Crippen LogP contribution in [0.2, 0.25) is 0 Å². The molecule has 0 unspecified atom stereocenters. The van der Waals surface area contributed by atoms with Gasteiger partial charge in [-0.1, -0.05) is 24.0 Å². The molecule has 0 aliphatic carbocycles. The Morgan fingerprint density at radius 1 is 1.17 bits per heavy atom. The van der Waals surface area contributed by atoms with Crippen LogP contribution in [0, 0.1) is 17.7 Å². The van der Waals surface area contributed by atoms with E-state index in [1.807, 2.05) is 12.1 Å². The van der Waals surface area contributed by atoms with Gasteiger partial charge in [-0.15, -0.1) is 11.3 Å². The second-order valence-electron chi connectivity index (χ2n) is 4.91. The molecular formula is C17H17FN2O3S. The van der Waals surface area contributed by atoms with Crippen molar-refractivity contribution < 1.29 is 19.1 Å². The van der Waals surface area contributed by atoms with E-state index in [-0.39, 0.29) is 12.4 Å². The summed E-state index contributed by atoms with van der Waals surface area (Å²) in [7, 11) is 0. The lowest BCUT2D eigenvalue weighted by Gasteiger charge is -2.05. The highest BCUT2D eigenvalue weighted by Gasteiger charge is 2.02. The summed E-state index contributed by atoms with van der Waals surface area (Å²) in [5.41, 5.74) is 5.79. The fraction of sp³-hybridized carbons (Fsp3) is 0.235. The van der Waals surface area contributed by atoms with Crippen molar-refractivity contribution in [3.63, 3.8) is 0 Å². The molecule has 0 bridgehead atoms. The molecule has 0 aliphatic heterocycles. The molecule has 1 heterocycles. The molecule has 0 saturated heterocycles. The molecule has 0 atom stereocenters. The lowest BCUT2D eigenvalue weighted by atomic mass is 10.2. The SMILES string of the molecule is NC(=O)N(O)CC#CCc1ccc(COCc2ccc(F)cc2)s1. The third kappa shape index (κ3) is 6.01. The number of amides is 2. The molecule has 2 rings (SSSR count). The van der Waals surface area contributed by atoms with E-state index in [4.69, 9.17) is 15.7 Å². The van der Waals surface area contributed by atoms with Gasteiger partial charge >= 0.3 is 6.03 Å². The first-order valence-corrected chi connectivity index (χ1v) is 7.97. The molecule has 0 aliphatic rings. The summed E-state index contributed by atoms with van der Waals surface area (Å²) in [6, 6.07) is 9.21. The van der Waals surface area contributed by atoms with Gasteiger partial charge < -0.3 is 10.5 Å². The van der Waals surface area contributed by atoms with Crippen LogP contribution in [0.1, 0.15) is 15.3 Å². The Bertz CT molecular complexity index is 734. The molecule has 0 saturated carbocycles. The largest absolute Gasteiger partial charge is 0.371 e. The number of hydrogen-bond acceptors (Lipinski definition) is 4. The molecule has 24 heavy (non-hydrogen) atoms. The molecule has 1 aromatic heterocycles. The van der Waals surface area contributed by atoms with Gasteiger partial charge in [0.05, 0.1) is 13.2 Å². The van der Waals surface area contributed by atoms with Gasteiger partial charge in [0.2, 0.25) is 0 Å². The maximum Gasteiger partial charge on any atom is 0.339 e. The van der Waals surface area contributed by atoms with Crippen molar-refractivity contribution >= 4 is 17.4 Å². The predicted molar refractivity (Wildman–Crippen MR) is 88.8 cm³/mol. The summed E-state index contributed by atoms with van der Waals surface area (Å²) in [5, 5.41) is 9.41. The van der Waals surface area contributed by atoms with Crippen LogP contribution < -0.4 is 5.73 Å². The number of thiophene rings is 1. The van der Waals surface area contributed by atoms with Crippen molar-refractivity contribution in [3.8, 4) is 11.8 Å². The molecule has 5 nitrogen and oxygen atoms in total. The number of primary amides is 1. The van der Waals surface area contributed by atoms with Crippen molar-refractivity contribution in [1.29, 1.82) is 0 Å². The highest BCUT2D eigenvalue weighted by molar-refractivity contribution is 7.12. The highest BCUT2D eigenvalue weighted by atomic mass is 32.1.